The van der Waals surface area contributed by atoms with Gasteiger partial charge >= 0.3 is 0 Å². The largest absolute Gasteiger partial charge is 0.396 e. The Morgan fingerprint density at radius 3 is 2.54 bits per heavy atom. The highest BCUT2D eigenvalue weighted by molar-refractivity contribution is 5.99. The fourth-order valence-electron chi connectivity index (χ4n) is 6.43. The molecule has 8 heteroatoms. The molecule has 1 aromatic rings. The maximum atomic E-state index is 13.9. The molecule has 4 rings (SSSR count). The molecule has 3 aliphatic heterocycles. The van der Waals surface area contributed by atoms with Gasteiger partial charge in [0.2, 0.25) is 17.7 Å². The van der Waals surface area contributed by atoms with Gasteiger partial charge in [0.1, 0.15) is 11.6 Å². The second kappa shape index (κ2) is 10.7. The minimum absolute atomic E-state index is 0.0317. The first-order valence-corrected chi connectivity index (χ1v) is 13.1. The maximum absolute atomic E-state index is 13.9. The van der Waals surface area contributed by atoms with Crippen LogP contribution in [0, 0.1) is 11.8 Å². The van der Waals surface area contributed by atoms with Crippen LogP contribution in [0.3, 0.4) is 0 Å². The van der Waals surface area contributed by atoms with Crippen molar-refractivity contribution >= 4 is 17.7 Å². The van der Waals surface area contributed by atoms with E-state index in [1.54, 1.807) is 4.90 Å². The number of hydrogen-bond acceptors (Lipinski definition) is 5. The van der Waals surface area contributed by atoms with E-state index in [0.29, 0.717) is 51.7 Å². The Morgan fingerprint density at radius 1 is 1.09 bits per heavy atom. The summed E-state index contributed by atoms with van der Waals surface area (Å²) in [5, 5.41) is 15.3. The highest BCUT2D eigenvalue weighted by atomic mass is 16.5. The summed E-state index contributed by atoms with van der Waals surface area (Å²) in [6.45, 7) is 5.38. The third-order valence-corrected chi connectivity index (χ3v) is 8.16. The molecule has 1 spiro atoms. The number of carbonyl (C=O) groups is 3. The fourth-order valence-corrected chi connectivity index (χ4v) is 6.43. The van der Waals surface area contributed by atoms with Crippen LogP contribution in [0.25, 0.3) is 0 Å². The van der Waals surface area contributed by atoms with Gasteiger partial charge < -0.3 is 25.4 Å². The van der Waals surface area contributed by atoms with Gasteiger partial charge in [-0.2, -0.15) is 0 Å². The summed E-state index contributed by atoms with van der Waals surface area (Å²) in [6, 6.07) is 8.94. The molecule has 2 unspecified atom stereocenters. The summed E-state index contributed by atoms with van der Waals surface area (Å²) in [5.41, 5.74) is -0.737. The molecule has 3 saturated heterocycles. The normalized spacial score (nSPS) is 31.0. The summed E-state index contributed by atoms with van der Waals surface area (Å²) in [7, 11) is 0. The van der Waals surface area contributed by atoms with E-state index in [1.165, 1.54) is 0 Å². The number of nitrogens with one attached hydrogen (secondary N) is 2. The molecule has 192 valence electrons. The fraction of sp³-hybridized carbons (Fsp3) is 0.667. The summed E-state index contributed by atoms with van der Waals surface area (Å²) in [4.78, 5) is 42.6. The van der Waals surface area contributed by atoms with Crippen LogP contribution in [0.15, 0.2) is 30.3 Å². The van der Waals surface area contributed by atoms with Gasteiger partial charge in [0.05, 0.1) is 17.4 Å². The number of carbonyl (C=O) groups excluding carboxylic acids is 3. The van der Waals surface area contributed by atoms with E-state index < -0.39 is 29.1 Å². The van der Waals surface area contributed by atoms with Gasteiger partial charge in [0.25, 0.3) is 0 Å². The number of rotatable bonds is 12. The van der Waals surface area contributed by atoms with Crippen molar-refractivity contribution in [3.8, 4) is 0 Å². The van der Waals surface area contributed by atoms with E-state index in [1.807, 2.05) is 37.3 Å². The van der Waals surface area contributed by atoms with Crippen molar-refractivity contribution in [2.24, 2.45) is 11.8 Å². The molecule has 5 atom stereocenters. The molecule has 3 N–H and O–H groups in total. The lowest BCUT2D eigenvalue weighted by molar-refractivity contribution is -0.147. The molecule has 3 fully saturated rings. The van der Waals surface area contributed by atoms with E-state index in [4.69, 9.17) is 4.74 Å². The summed E-state index contributed by atoms with van der Waals surface area (Å²) in [5.74, 6) is -1.86. The second-order valence-electron chi connectivity index (χ2n) is 10.1. The topological polar surface area (TPSA) is 108 Å². The first-order valence-electron chi connectivity index (χ1n) is 13.1. The number of fused-ring (bicyclic) bond motifs is 1. The van der Waals surface area contributed by atoms with Gasteiger partial charge in [0, 0.05) is 26.2 Å². The summed E-state index contributed by atoms with van der Waals surface area (Å²) >= 11 is 0. The molecule has 3 aliphatic rings. The Hall–Kier alpha value is -2.45. The predicted molar refractivity (Wildman–Crippen MR) is 131 cm³/mol. The second-order valence-corrected chi connectivity index (χ2v) is 10.1. The van der Waals surface area contributed by atoms with Gasteiger partial charge in [0.15, 0.2) is 0 Å². The van der Waals surface area contributed by atoms with E-state index in [-0.39, 0.29) is 24.3 Å². The van der Waals surface area contributed by atoms with E-state index >= 15 is 0 Å². The molecule has 35 heavy (non-hydrogen) atoms. The smallest absolute Gasteiger partial charge is 0.245 e. The first-order chi connectivity index (χ1) is 16.9. The number of aliphatic hydroxyl groups excluding tert-OH is 1. The third kappa shape index (κ3) is 4.47. The zero-order valence-electron chi connectivity index (χ0n) is 20.9. The Labute approximate surface area is 207 Å². The minimum Gasteiger partial charge on any atom is -0.396 e. The third-order valence-electron chi connectivity index (χ3n) is 8.16. The van der Waals surface area contributed by atoms with E-state index in [2.05, 4.69) is 17.6 Å². The van der Waals surface area contributed by atoms with E-state index in [0.717, 1.165) is 18.4 Å². The monoisotopic (exact) mass is 485 g/mol. The van der Waals surface area contributed by atoms with Crippen LogP contribution in [0.4, 0.5) is 0 Å². The van der Waals surface area contributed by atoms with Crippen LogP contribution < -0.4 is 10.6 Å². The SMILES string of the molecule is CCCCNC(=O)C1N(CCCCO)C(=O)[C@@H]2[C@H](C(=O)NCc3ccccc3)[C@]3(CC)CCC12O3. The van der Waals surface area contributed by atoms with Gasteiger partial charge in [-0.3, -0.25) is 14.4 Å². The number of amides is 3. The Bertz CT molecular complexity index is 925. The van der Waals surface area contributed by atoms with Crippen molar-refractivity contribution in [2.45, 2.75) is 82.6 Å². The van der Waals surface area contributed by atoms with Gasteiger partial charge in [-0.15, -0.1) is 0 Å². The van der Waals surface area contributed by atoms with Crippen LogP contribution in [0.5, 0.6) is 0 Å². The molecule has 2 bridgehead atoms. The average molecular weight is 486 g/mol. The van der Waals surface area contributed by atoms with Gasteiger partial charge in [-0.25, -0.2) is 0 Å². The zero-order valence-corrected chi connectivity index (χ0v) is 20.9. The van der Waals surface area contributed by atoms with Crippen molar-refractivity contribution in [2.75, 3.05) is 19.7 Å². The molecule has 0 aliphatic carbocycles. The number of nitrogens with zero attached hydrogens (tertiary/aromatic N) is 1. The molecule has 1 aromatic carbocycles. The molecular weight excluding hydrogens is 446 g/mol. The van der Waals surface area contributed by atoms with Crippen molar-refractivity contribution in [3.05, 3.63) is 35.9 Å². The minimum atomic E-state index is -0.989. The highest BCUT2D eigenvalue weighted by Crippen LogP contribution is 2.64. The van der Waals surface area contributed by atoms with Crippen LogP contribution in [-0.4, -0.2) is 64.7 Å². The predicted octanol–water partition coefficient (Wildman–Crippen LogP) is 2.15. The van der Waals surface area contributed by atoms with Crippen LogP contribution in [0.1, 0.15) is 64.4 Å². The molecule has 3 heterocycles. The number of benzene rings is 1. The molecule has 0 radical (unpaired) electrons. The molecule has 0 aromatic heterocycles. The number of ether oxygens (including phenoxy) is 1. The van der Waals surface area contributed by atoms with Crippen molar-refractivity contribution in [1.82, 2.24) is 15.5 Å². The van der Waals surface area contributed by atoms with Crippen LogP contribution >= 0.6 is 0 Å². The van der Waals surface area contributed by atoms with Crippen molar-refractivity contribution < 1.29 is 24.2 Å². The summed E-state index contributed by atoms with van der Waals surface area (Å²) < 4.78 is 6.72. The lowest BCUT2D eigenvalue weighted by Crippen LogP contribution is -2.55. The van der Waals surface area contributed by atoms with Crippen LogP contribution in [-0.2, 0) is 25.7 Å². The number of hydrogen-bond donors (Lipinski definition) is 3. The molecular formula is C27H39N3O5. The number of unbranched alkanes of at least 4 members (excludes halogenated alkanes) is 2. The van der Waals surface area contributed by atoms with Crippen molar-refractivity contribution in [1.29, 1.82) is 0 Å². The Balaban J connectivity index is 1.62. The Kier molecular flexibility index (Phi) is 7.81. The van der Waals surface area contributed by atoms with Gasteiger partial charge in [-0.1, -0.05) is 50.6 Å². The standard InChI is InChI=1S/C27H39N3O5/c1-3-5-15-28-24(33)22-27-14-13-26(4-2,35-27)20(21(27)25(34)30(22)16-9-10-17-31)23(32)29-18-19-11-7-6-8-12-19/h6-8,11-12,20-22,31H,3-5,9-10,13-18H2,1-2H3,(H,28,33)(H,29,32)/t20-,21+,22?,26+,27?/m1/s1. The quantitative estimate of drug-likeness (QED) is 0.393. The first kappa shape index (κ1) is 25.6. The highest BCUT2D eigenvalue weighted by Gasteiger charge is 2.78. The Morgan fingerprint density at radius 2 is 1.86 bits per heavy atom. The molecule has 8 nitrogen and oxygen atoms in total. The lowest BCUT2D eigenvalue weighted by atomic mass is 9.65. The average Bonchev–Trinajstić information content (AvgIpc) is 3.47. The number of likely N-dealkylation sites (tertiary alicyclic amines) is 1. The van der Waals surface area contributed by atoms with Crippen molar-refractivity contribution in [3.63, 3.8) is 0 Å². The molecule has 0 saturated carbocycles. The summed E-state index contributed by atoms with van der Waals surface area (Å²) in [6.07, 6.45) is 4.80. The number of aliphatic hydroxyl groups is 1. The molecule has 3 amide bonds. The van der Waals surface area contributed by atoms with Gasteiger partial charge in [-0.05, 0) is 44.1 Å². The zero-order chi connectivity index (χ0) is 25.1. The maximum Gasteiger partial charge on any atom is 0.245 e. The lowest BCUT2D eigenvalue weighted by Gasteiger charge is -2.34. The van der Waals surface area contributed by atoms with Crippen LogP contribution in [0.2, 0.25) is 0 Å². The van der Waals surface area contributed by atoms with E-state index in [9.17, 15) is 19.5 Å².